The third-order valence-corrected chi connectivity index (χ3v) is 15.2. The Bertz CT molecular complexity index is 3370. The van der Waals surface area contributed by atoms with Gasteiger partial charge in [-0.1, -0.05) is 222 Å². The maximum absolute atomic E-state index is 2.70. The van der Waals surface area contributed by atoms with Crippen molar-refractivity contribution in [3.8, 4) is 33.4 Å². The van der Waals surface area contributed by atoms with Crippen molar-refractivity contribution in [3.63, 3.8) is 0 Å². The summed E-state index contributed by atoms with van der Waals surface area (Å²) in [5.41, 5.74) is 21.0. The molecule has 0 aliphatic heterocycles. The molecular formula is C63H47N. The molecule has 0 saturated heterocycles. The lowest BCUT2D eigenvalue weighted by Crippen LogP contribution is -2.28. The molecule has 64 heavy (non-hydrogen) atoms. The van der Waals surface area contributed by atoms with E-state index in [9.17, 15) is 0 Å². The molecule has 10 aromatic rings. The van der Waals surface area contributed by atoms with E-state index < -0.39 is 5.41 Å². The van der Waals surface area contributed by atoms with E-state index in [2.05, 4.69) is 245 Å². The topological polar surface area (TPSA) is 3.24 Å². The van der Waals surface area contributed by atoms with Gasteiger partial charge >= 0.3 is 0 Å². The second-order valence-electron chi connectivity index (χ2n) is 19.1. The normalized spacial score (nSPS) is 15.2. The predicted octanol–water partition coefficient (Wildman–Crippen LogP) is 16.4. The van der Waals surface area contributed by atoms with Crippen LogP contribution in [-0.2, 0) is 16.2 Å². The lowest BCUT2D eigenvalue weighted by Gasteiger charge is -2.35. The standard InChI is InChI=1S/C63H47N/c1-61(2)49-33-18-15-30-46(49)57-54(38-40-22-11-13-28-44(40)59(57)61)64(55-39-41-23-12-14-29-45(41)60-58(55)47-31-16-19-34-50(47)62(60,3)4)53-37-21-36-52-56(53)48-32-17-20-35-51(48)63(52,42-24-7-5-8-25-42)43-26-9-6-10-27-43/h5-39H,1-4H3. The largest absolute Gasteiger partial charge is 0.309 e. The summed E-state index contributed by atoms with van der Waals surface area (Å²) in [6.07, 6.45) is 0. The molecule has 0 unspecified atom stereocenters. The first-order chi connectivity index (χ1) is 31.3. The maximum atomic E-state index is 2.70. The number of rotatable bonds is 5. The average molecular weight is 818 g/mol. The summed E-state index contributed by atoms with van der Waals surface area (Å²) in [6.45, 7) is 9.70. The fourth-order valence-corrected chi connectivity index (χ4v) is 12.7. The minimum absolute atomic E-state index is 0.228. The first-order valence-corrected chi connectivity index (χ1v) is 22.8. The number of benzene rings is 10. The van der Waals surface area contributed by atoms with Gasteiger partial charge < -0.3 is 4.90 Å². The Kier molecular flexibility index (Phi) is 7.69. The van der Waals surface area contributed by atoms with E-state index in [4.69, 9.17) is 0 Å². The highest BCUT2D eigenvalue weighted by Crippen LogP contribution is 2.64. The Labute approximate surface area is 375 Å². The van der Waals surface area contributed by atoms with E-state index in [1.807, 2.05) is 0 Å². The minimum atomic E-state index is -0.546. The first kappa shape index (κ1) is 37.1. The molecule has 10 aromatic carbocycles. The number of nitrogens with zero attached hydrogens (tertiary/aromatic N) is 1. The van der Waals surface area contributed by atoms with Crippen molar-refractivity contribution in [1.82, 2.24) is 0 Å². The summed E-state index contributed by atoms with van der Waals surface area (Å²) in [5.74, 6) is 0. The zero-order chi connectivity index (χ0) is 43.0. The first-order valence-electron chi connectivity index (χ1n) is 22.8. The molecule has 0 aromatic heterocycles. The molecule has 0 bridgehead atoms. The van der Waals surface area contributed by atoms with Crippen LogP contribution in [0.25, 0.3) is 54.9 Å². The molecule has 0 spiro atoms. The third-order valence-electron chi connectivity index (χ3n) is 15.2. The molecule has 13 rings (SSSR count). The van der Waals surface area contributed by atoms with E-state index in [0.29, 0.717) is 0 Å². The van der Waals surface area contributed by atoms with Gasteiger partial charge in [0.15, 0.2) is 0 Å². The summed E-state index contributed by atoms with van der Waals surface area (Å²) in [5, 5.41) is 5.12. The van der Waals surface area contributed by atoms with E-state index in [1.165, 1.54) is 116 Å². The molecular weight excluding hydrogens is 771 g/mol. The van der Waals surface area contributed by atoms with Gasteiger partial charge in [-0.2, -0.15) is 0 Å². The van der Waals surface area contributed by atoms with Crippen molar-refractivity contribution in [3.05, 3.63) is 257 Å². The average Bonchev–Trinajstić information content (AvgIpc) is 3.88. The summed E-state index contributed by atoms with van der Waals surface area (Å²) in [4.78, 5) is 2.70. The molecule has 0 heterocycles. The quantitative estimate of drug-likeness (QED) is 0.167. The lowest BCUT2D eigenvalue weighted by atomic mass is 9.68. The SMILES string of the molecule is CC1(C)c2ccccc2-c2c(N(c3cccc4c3-c3ccccc3C4(c3ccccc3)c3ccccc3)c3cc4ccccc4c4c3-c3ccccc3C4(C)C)cc3ccccc3c21. The molecule has 0 saturated carbocycles. The minimum Gasteiger partial charge on any atom is -0.309 e. The summed E-state index contributed by atoms with van der Waals surface area (Å²) in [6, 6.07) is 80.2. The fraction of sp³-hybridized carbons (Fsp3) is 0.111. The molecule has 1 nitrogen and oxygen atoms in total. The molecule has 0 atom stereocenters. The van der Waals surface area contributed by atoms with Crippen molar-refractivity contribution in [2.75, 3.05) is 4.90 Å². The van der Waals surface area contributed by atoms with E-state index in [-0.39, 0.29) is 10.8 Å². The van der Waals surface area contributed by atoms with Crippen LogP contribution >= 0.6 is 0 Å². The third kappa shape index (κ3) is 4.74. The van der Waals surface area contributed by atoms with Crippen molar-refractivity contribution >= 4 is 38.6 Å². The van der Waals surface area contributed by atoms with Crippen LogP contribution in [0.3, 0.4) is 0 Å². The number of anilines is 3. The summed E-state index contributed by atoms with van der Waals surface area (Å²) >= 11 is 0. The number of fused-ring (bicyclic) bond motifs is 13. The summed E-state index contributed by atoms with van der Waals surface area (Å²) in [7, 11) is 0. The molecule has 0 amide bonds. The fourth-order valence-electron chi connectivity index (χ4n) is 12.7. The van der Waals surface area contributed by atoms with Gasteiger partial charge in [-0.3, -0.25) is 0 Å². The van der Waals surface area contributed by atoms with Gasteiger partial charge in [-0.25, -0.2) is 0 Å². The lowest BCUT2D eigenvalue weighted by molar-refractivity contribution is 0.666. The Balaban J connectivity index is 1.24. The van der Waals surface area contributed by atoms with Gasteiger partial charge in [0.25, 0.3) is 0 Å². The molecule has 0 radical (unpaired) electrons. The van der Waals surface area contributed by atoms with E-state index in [1.54, 1.807) is 0 Å². The van der Waals surface area contributed by atoms with Crippen LogP contribution in [0.15, 0.2) is 212 Å². The number of hydrogen-bond acceptors (Lipinski definition) is 1. The van der Waals surface area contributed by atoms with E-state index >= 15 is 0 Å². The highest BCUT2D eigenvalue weighted by molar-refractivity contribution is 6.12. The Morgan fingerprint density at radius 1 is 0.312 bits per heavy atom. The maximum Gasteiger partial charge on any atom is 0.0714 e. The highest BCUT2D eigenvalue weighted by atomic mass is 15.2. The predicted molar refractivity (Wildman–Crippen MR) is 269 cm³/mol. The van der Waals surface area contributed by atoms with Crippen LogP contribution in [0, 0.1) is 0 Å². The van der Waals surface area contributed by atoms with Gasteiger partial charge in [-0.15, -0.1) is 0 Å². The van der Waals surface area contributed by atoms with Gasteiger partial charge in [0.1, 0.15) is 0 Å². The van der Waals surface area contributed by atoms with Crippen LogP contribution < -0.4 is 4.90 Å². The molecule has 3 aliphatic rings. The zero-order valence-corrected chi connectivity index (χ0v) is 36.7. The van der Waals surface area contributed by atoms with Crippen LogP contribution in [0.2, 0.25) is 0 Å². The zero-order valence-electron chi connectivity index (χ0n) is 36.7. The van der Waals surface area contributed by atoms with Gasteiger partial charge in [0, 0.05) is 27.5 Å². The molecule has 0 N–H and O–H groups in total. The van der Waals surface area contributed by atoms with Crippen LogP contribution in [-0.4, -0.2) is 0 Å². The van der Waals surface area contributed by atoms with Crippen molar-refractivity contribution in [1.29, 1.82) is 0 Å². The van der Waals surface area contributed by atoms with Gasteiger partial charge in [0.05, 0.1) is 22.5 Å². The van der Waals surface area contributed by atoms with E-state index in [0.717, 1.165) is 0 Å². The molecule has 1 heteroatoms. The second kappa shape index (κ2) is 13.3. The molecule has 0 fully saturated rings. The smallest absolute Gasteiger partial charge is 0.0714 e. The Morgan fingerprint density at radius 2 is 0.703 bits per heavy atom. The monoisotopic (exact) mass is 817 g/mol. The van der Waals surface area contributed by atoms with Gasteiger partial charge in [-0.05, 0) is 101 Å². The molecule has 304 valence electrons. The van der Waals surface area contributed by atoms with Crippen LogP contribution in [0.1, 0.15) is 72.2 Å². The van der Waals surface area contributed by atoms with Crippen molar-refractivity contribution < 1.29 is 0 Å². The highest BCUT2D eigenvalue weighted by Gasteiger charge is 2.49. The number of hydrogen-bond donors (Lipinski definition) is 0. The van der Waals surface area contributed by atoms with Crippen LogP contribution in [0.4, 0.5) is 17.1 Å². The van der Waals surface area contributed by atoms with Crippen molar-refractivity contribution in [2.45, 2.75) is 43.9 Å². The van der Waals surface area contributed by atoms with Gasteiger partial charge in [0.2, 0.25) is 0 Å². The summed E-state index contributed by atoms with van der Waals surface area (Å²) < 4.78 is 0. The Hall–Kier alpha value is -7.48. The Morgan fingerprint density at radius 3 is 1.20 bits per heavy atom. The second-order valence-corrected chi connectivity index (χ2v) is 19.1. The van der Waals surface area contributed by atoms with Crippen LogP contribution in [0.5, 0.6) is 0 Å². The molecule has 3 aliphatic carbocycles. The van der Waals surface area contributed by atoms with Crippen molar-refractivity contribution in [2.24, 2.45) is 0 Å².